The van der Waals surface area contributed by atoms with Crippen molar-refractivity contribution in [3.63, 3.8) is 0 Å². The fourth-order valence-electron chi connectivity index (χ4n) is 7.78. The SMILES string of the molecule is C=S(C)(=O)N1CCN(/C(CCC)=N\Oc2nc3oc(=O)cc(CCCC)c3c(=O)[nH]2)CC1.CCCCc1cc(=O)oc2nc(O/N=C(/CCC)N3CCN(C(=O)OC(C)(C)C)C[C@@H]3C)[nH]c(=O)c12. The number of aromatic nitrogens is 4. The lowest BCUT2D eigenvalue weighted by Crippen LogP contribution is -2.56. The van der Waals surface area contributed by atoms with Crippen molar-refractivity contribution in [2.45, 2.75) is 131 Å². The maximum atomic E-state index is 12.8. The van der Waals surface area contributed by atoms with Gasteiger partial charge < -0.3 is 37.9 Å². The van der Waals surface area contributed by atoms with Crippen molar-refractivity contribution < 1.29 is 32.2 Å². The van der Waals surface area contributed by atoms with Crippen molar-refractivity contribution in [3.8, 4) is 12.0 Å². The molecule has 6 heterocycles. The Morgan fingerprint density at radius 2 is 1.24 bits per heavy atom. The van der Waals surface area contributed by atoms with Crippen molar-refractivity contribution in [3.05, 3.63) is 64.8 Å². The maximum absolute atomic E-state index is 12.8. The number of oxime groups is 2. The van der Waals surface area contributed by atoms with Crippen LogP contribution in [0.5, 0.6) is 12.0 Å². The lowest BCUT2D eigenvalue weighted by Gasteiger charge is -2.41. The Morgan fingerprint density at radius 1 is 0.765 bits per heavy atom. The number of nitrogens with zero attached hydrogens (tertiary/aromatic N) is 8. The number of piperazine rings is 2. The highest BCUT2D eigenvalue weighted by Gasteiger charge is 2.32. The van der Waals surface area contributed by atoms with Crippen LogP contribution in [0, 0.1) is 0 Å². The van der Waals surface area contributed by atoms with E-state index in [0.29, 0.717) is 94.3 Å². The lowest BCUT2D eigenvalue weighted by atomic mass is 10.1. The van der Waals surface area contributed by atoms with Crippen LogP contribution < -0.4 is 32.0 Å². The normalized spacial score (nSPS) is 17.2. The lowest BCUT2D eigenvalue weighted by molar-refractivity contribution is 0.0129. The fraction of sp³-hybridized carbons (Fsp3) is 0.609. The molecule has 22 heteroatoms. The van der Waals surface area contributed by atoms with Crippen molar-refractivity contribution in [1.29, 1.82) is 0 Å². The summed E-state index contributed by atoms with van der Waals surface area (Å²) in [5.74, 6) is 5.13. The summed E-state index contributed by atoms with van der Waals surface area (Å²) < 4.78 is 29.9. The largest absolute Gasteiger partial charge is 0.444 e. The van der Waals surface area contributed by atoms with E-state index in [-0.39, 0.29) is 46.4 Å². The van der Waals surface area contributed by atoms with Gasteiger partial charge in [0.1, 0.15) is 28.0 Å². The minimum absolute atomic E-state index is 0.0251. The van der Waals surface area contributed by atoms with Crippen molar-refractivity contribution in [2.75, 3.05) is 52.1 Å². The molecule has 2 fully saturated rings. The quantitative estimate of drug-likeness (QED) is 0.0669. The van der Waals surface area contributed by atoms with Crippen LogP contribution in [0.25, 0.3) is 22.2 Å². The number of carbonyl (C=O) groups excluding carboxylic acids is 1. The number of nitrogens with one attached hydrogen (secondary N) is 2. The third-order valence-corrected chi connectivity index (χ3v) is 12.6. The smallest absolute Gasteiger partial charge is 0.410 e. The predicted octanol–water partition coefficient (Wildman–Crippen LogP) is 5.24. The summed E-state index contributed by atoms with van der Waals surface area (Å²) >= 11 is 0. The zero-order chi connectivity index (χ0) is 49.8. The minimum Gasteiger partial charge on any atom is -0.444 e. The van der Waals surface area contributed by atoms with Crippen LogP contribution >= 0.6 is 0 Å². The third kappa shape index (κ3) is 14.5. The number of rotatable bonds is 15. The second-order valence-corrected chi connectivity index (χ2v) is 20.5. The molecule has 1 unspecified atom stereocenters. The molecule has 68 heavy (non-hydrogen) atoms. The number of H-pyrrole nitrogens is 2. The summed E-state index contributed by atoms with van der Waals surface area (Å²) in [6.45, 7) is 19.7. The molecule has 0 radical (unpaired) electrons. The Morgan fingerprint density at radius 3 is 1.68 bits per heavy atom. The molecule has 4 aromatic rings. The molecule has 4 aromatic heterocycles. The van der Waals surface area contributed by atoms with Crippen LogP contribution in [0.4, 0.5) is 4.79 Å². The highest BCUT2D eigenvalue weighted by Crippen LogP contribution is 2.20. The van der Waals surface area contributed by atoms with Gasteiger partial charge in [-0.3, -0.25) is 23.8 Å². The van der Waals surface area contributed by atoms with E-state index in [0.717, 1.165) is 38.5 Å². The van der Waals surface area contributed by atoms with Crippen LogP contribution in [-0.2, 0) is 27.3 Å². The van der Waals surface area contributed by atoms with Gasteiger partial charge in [0, 0.05) is 92.8 Å². The second kappa shape index (κ2) is 23.8. The van der Waals surface area contributed by atoms with Crippen LogP contribution in [0.2, 0.25) is 0 Å². The third-order valence-electron chi connectivity index (χ3n) is 11.1. The summed E-state index contributed by atoms with van der Waals surface area (Å²) in [7, 11) is -2.23. The highest BCUT2D eigenvalue weighted by atomic mass is 32.2. The van der Waals surface area contributed by atoms with Gasteiger partial charge in [0.25, 0.3) is 11.1 Å². The molecule has 1 amide bonds. The van der Waals surface area contributed by atoms with E-state index in [9.17, 15) is 28.2 Å². The molecule has 2 aliphatic heterocycles. The molecule has 0 spiro atoms. The van der Waals surface area contributed by atoms with E-state index in [1.165, 1.54) is 12.1 Å². The molecule has 0 bridgehead atoms. The van der Waals surface area contributed by atoms with E-state index < -0.39 is 37.7 Å². The summed E-state index contributed by atoms with van der Waals surface area (Å²) in [5, 5.41) is 9.02. The van der Waals surface area contributed by atoms with E-state index >= 15 is 0 Å². The van der Waals surface area contributed by atoms with E-state index in [4.69, 9.17) is 23.2 Å². The number of unbranched alkanes of at least 4 members (excludes halogenated alkanes) is 2. The number of ether oxygens (including phenoxy) is 1. The van der Waals surface area contributed by atoms with Gasteiger partial charge in [-0.25, -0.2) is 18.7 Å². The number of hydrogen-bond acceptors (Lipinski definition) is 15. The van der Waals surface area contributed by atoms with Crippen LogP contribution in [-0.4, -0.2) is 130 Å². The Bertz CT molecular complexity index is 2790. The molecular weight excluding hydrogens is 901 g/mol. The van der Waals surface area contributed by atoms with Crippen molar-refractivity contribution in [2.24, 2.45) is 10.3 Å². The van der Waals surface area contributed by atoms with E-state index in [1.807, 2.05) is 59.7 Å². The summed E-state index contributed by atoms with van der Waals surface area (Å²) in [6.07, 6.45) is 8.96. The van der Waals surface area contributed by atoms with Crippen LogP contribution in [0.1, 0.15) is 118 Å². The summed E-state index contributed by atoms with van der Waals surface area (Å²) in [4.78, 5) is 92.2. The topological polar surface area (TPSA) is 251 Å². The number of hydrogen-bond donors (Lipinski definition) is 2. The number of fused-ring (bicyclic) bond motifs is 2. The Kier molecular flexibility index (Phi) is 18.5. The molecule has 2 atom stereocenters. The average Bonchev–Trinajstić information content (AvgIpc) is 3.26. The number of amidine groups is 2. The summed E-state index contributed by atoms with van der Waals surface area (Å²) in [5.41, 5.74) is -1.47. The first-order chi connectivity index (χ1) is 32.2. The number of carbonyl (C=O) groups is 1. The maximum Gasteiger partial charge on any atom is 0.410 e. The standard InChI is InChI=1S/C25H37N5O6.C21H31N5O5S/c1-7-9-11-17-14-19(31)34-22-20(17)21(32)26-23(27-22)36-28-18(10-8-2)30-13-12-29(15-16(30)3)24(33)35-25(4,5)6;1-5-7-9-15-14-17(27)30-20-18(15)19(28)22-21(23-20)31-24-16(8-6-2)25-10-12-26(13-11-25)32(3,4)29/h14,16H,7-13,15H2,1-6H3,(H,26,27,32);14H,3,5-13H2,1-2,4H3,(H,22,23,28)/b28-18-;24-16-/t16-;/m0./s1. The monoisotopic (exact) mass is 968 g/mol. The molecule has 0 aliphatic carbocycles. The molecule has 0 aromatic carbocycles. The Balaban J connectivity index is 0.000000256. The van der Waals surface area contributed by atoms with E-state index in [2.05, 4.69) is 45.9 Å². The molecule has 2 aliphatic rings. The summed E-state index contributed by atoms with van der Waals surface area (Å²) in [6, 6.07) is 2.36. The zero-order valence-electron chi connectivity index (χ0n) is 40.9. The highest BCUT2D eigenvalue weighted by molar-refractivity contribution is 7.97. The van der Waals surface area contributed by atoms with E-state index in [1.54, 1.807) is 11.2 Å². The molecule has 6 rings (SSSR count). The van der Waals surface area contributed by atoms with Gasteiger partial charge >= 0.3 is 29.4 Å². The van der Waals surface area contributed by atoms with Gasteiger partial charge in [-0.05, 0) is 83.2 Å². The molecule has 2 saturated heterocycles. The van der Waals surface area contributed by atoms with Gasteiger partial charge in [-0.2, -0.15) is 9.97 Å². The van der Waals surface area contributed by atoms with Crippen LogP contribution in [0.3, 0.4) is 0 Å². The first-order valence-corrected chi connectivity index (χ1v) is 25.5. The first-order valence-electron chi connectivity index (χ1n) is 23.4. The predicted molar refractivity (Wildman–Crippen MR) is 263 cm³/mol. The Labute approximate surface area is 396 Å². The average molecular weight is 969 g/mol. The zero-order valence-corrected chi connectivity index (χ0v) is 41.8. The van der Waals surface area contributed by atoms with Gasteiger partial charge in [-0.15, -0.1) is 0 Å². The first kappa shape index (κ1) is 52.9. The Hall–Kier alpha value is -6.03. The van der Waals surface area contributed by atoms with Crippen molar-refractivity contribution >= 4 is 55.5 Å². The number of aromatic amines is 2. The fourth-order valence-corrected chi connectivity index (χ4v) is 8.72. The second-order valence-electron chi connectivity index (χ2n) is 18.0. The van der Waals surface area contributed by atoms with Gasteiger partial charge in [0.2, 0.25) is 11.4 Å². The molecular formula is C46H68N10O11S. The molecule has 0 saturated carbocycles. The van der Waals surface area contributed by atoms with Gasteiger partial charge in [0.15, 0.2) is 0 Å². The van der Waals surface area contributed by atoms with Crippen molar-refractivity contribution in [1.82, 2.24) is 38.9 Å². The minimum atomic E-state index is -2.23. The molecule has 21 nitrogen and oxygen atoms in total. The number of amides is 1. The van der Waals surface area contributed by atoms with Crippen LogP contribution in [0.15, 0.2) is 50.5 Å². The molecule has 2 N–H and O–H groups in total. The van der Waals surface area contributed by atoms with Gasteiger partial charge in [0.05, 0.1) is 0 Å². The molecule has 374 valence electrons. The number of aryl methyl sites for hydroxylation is 2. The van der Waals surface area contributed by atoms with Gasteiger partial charge in [-0.1, -0.05) is 50.8 Å².